The van der Waals surface area contributed by atoms with Crippen molar-refractivity contribution in [1.82, 2.24) is 25.1 Å². The van der Waals surface area contributed by atoms with E-state index in [2.05, 4.69) is 22.4 Å². The molecule has 0 spiro atoms. The molecular weight excluding hydrogens is 290 g/mol. The number of carbonyl (C=O) groups is 1. The van der Waals surface area contributed by atoms with E-state index < -0.39 is 0 Å². The highest BCUT2D eigenvalue weighted by molar-refractivity contribution is 6.31. The van der Waals surface area contributed by atoms with Crippen LogP contribution in [-0.4, -0.2) is 44.1 Å². The first-order valence-corrected chi connectivity index (χ1v) is 7.35. The van der Waals surface area contributed by atoms with Gasteiger partial charge in [-0.1, -0.05) is 18.5 Å². The SMILES string of the molecule is C[C@H]1CCCN(C(=O)c2cc(Cl)ccc2-n2cnnn2)C1. The quantitative estimate of drug-likeness (QED) is 0.853. The number of carbonyl (C=O) groups excluding carboxylic acids is 1. The predicted octanol–water partition coefficient (Wildman–Crippen LogP) is 2.19. The summed E-state index contributed by atoms with van der Waals surface area (Å²) < 4.78 is 1.48. The van der Waals surface area contributed by atoms with Crippen molar-refractivity contribution < 1.29 is 4.79 Å². The van der Waals surface area contributed by atoms with Gasteiger partial charge in [0.05, 0.1) is 11.3 Å². The first-order chi connectivity index (χ1) is 10.1. The Bertz CT molecular complexity index is 643. The molecule has 6 nitrogen and oxygen atoms in total. The maximum absolute atomic E-state index is 12.8. The molecule has 110 valence electrons. The third kappa shape index (κ3) is 2.90. The number of amides is 1. The van der Waals surface area contributed by atoms with Crippen LogP contribution in [0.25, 0.3) is 5.69 Å². The van der Waals surface area contributed by atoms with Crippen LogP contribution >= 0.6 is 11.6 Å². The Kier molecular flexibility index (Phi) is 3.88. The molecule has 1 fully saturated rings. The van der Waals surface area contributed by atoms with Crippen LogP contribution in [0.3, 0.4) is 0 Å². The Labute approximate surface area is 127 Å². The molecule has 1 amide bonds. The molecule has 1 aromatic carbocycles. The summed E-state index contributed by atoms with van der Waals surface area (Å²) in [6.45, 7) is 3.73. The molecule has 7 heteroatoms. The zero-order valence-corrected chi connectivity index (χ0v) is 12.5. The zero-order chi connectivity index (χ0) is 14.8. The third-order valence-electron chi connectivity index (χ3n) is 3.73. The van der Waals surface area contributed by atoms with Gasteiger partial charge in [-0.05, 0) is 47.4 Å². The highest BCUT2D eigenvalue weighted by Crippen LogP contribution is 2.23. The molecule has 0 aliphatic carbocycles. The van der Waals surface area contributed by atoms with E-state index in [4.69, 9.17) is 11.6 Å². The maximum atomic E-state index is 12.8. The van der Waals surface area contributed by atoms with E-state index in [0.717, 1.165) is 19.5 Å². The number of piperidine rings is 1. The molecule has 1 aliphatic rings. The van der Waals surface area contributed by atoms with Crippen LogP contribution in [0.1, 0.15) is 30.1 Å². The topological polar surface area (TPSA) is 63.9 Å². The molecule has 0 bridgehead atoms. The summed E-state index contributed by atoms with van der Waals surface area (Å²) in [6.07, 6.45) is 3.67. The number of likely N-dealkylation sites (tertiary alicyclic amines) is 1. The Morgan fingerprint density at radius 2 is 2.29 bits per heavy atom. The van der Waals surface area contributed by atoms with Crippen molar-refractivity contribution in [2.24, 2.45) is 5.92 Å². The van der Waals surface area contributed by atoms with Gasteiger partial charge in [-0.15, -0.1) is 5.10 Å². The van der Waals surface area contributed by atoms with E-state index in [1.165, 1.54) is 17.4 Å². The molecule has 0 N–H and O–H groups in total. The molecule has 1 aromatic heterocycles. The number of hydrogen-bond acceptors (Lipinski definition) is 4. The van der Waals surface area contributed by atoms with Crippen LogP contribution in [0.4, 0.5) is 0 Å². The monoisotopic (exact) mass is 305 g/mol. The van der Waals surface area contributed by atoms with E-state index in [1.807, 2.05) is 4.90 Å². The van der Waals surface area contributed by atoms with Crippen molar-refractivity contribution >= 4 is 17.5 Å². The minimum absolute atomic E-state index is 0.0189. The molecule has 1 saturated heterocycles. The summed E-state index contributed by atoms with van der Waals surface area (Å²) in [6, 6.07) is 5.17. The van der Waals surface area contributed by atoms with E-state index in [9.17, 15) is 4.79 Å². The molecule has 0 radical (unpaired) electrons. The standard InChI is InChI=1S/C14H16ClN5O/c1-10-3-2-6-19(8-10)14(21)12-7-11(15)4-5-13(12)20-9-16-17-18-20/h4-5,7,9-10H,2-3,6,8H2,1H3/t10-/m0/s1. The largest absolute Gasteiger partial charge is 0.338 e. The average molecular weight is 306 g/mol. The van der Waals surface area contributed by atoms with Crippen LogP contribution in [0.5, 0.6) is 0 Å². The van der Waals surface area contributed by atoms with Crippen LogP contribution in [0.15, 0.2) is 24.5 Å². The van der Waals surface area contributed by atoms with Gasteiger partial charge in [0.2, 0.25) is 0 Å². The molecule has 2 heterocycles. The lowest BCUT2D eigenvalue weighted by atomic mass is 9.99. The number of aromatic nitrogens is 4. The molecule has 2 aromatic rings. The number of benzene rings is 1. The van der Waals surface area contributed by atoms with Crippen molar-refractivity contribution in [2.45, 2.75) is 19.8 Å². The number of hydrogen-bond donors (Lipinski definition) is 0. The lowest BCUT2D eigenvalue weighted by molar-refractivity contribution is 0.0683. The van der Waals surface area contributed by atoms with Gasteiger partial charge in [0.25, 0.3) is 5.91 Å². The lowest BCUT2D eigenvalue weighted by Gasteiger charge is -2.31. The van der Waals surface area contributed by atoms with E-state index in [0.29, 0.717) is 22.2 Å². The Balaban J connectivity index is 1.97. The van der Waals surface area contributed by atoms with Crippen LogP contribution in [0, 0.1) is 5.92 Å². The highest BCUT2D eigenvalue weighted by Gasteiger charge is 2.24. The Morgan fingerprint density at radius 3 is 3.00 bits per heavy atom. The second-order valence-electron chi connectivity index (χ2n) is 5.41. The highest BCUT2D eigenvalue weighted by atomic mass is 35.5. The lowest BCUT2D eigenvalue weighted by Crippen LogP contribution is -2.39. The summed E-state index contributed by atoms with van der Waals surface area (Å²) in [5.41, 5.74) is 1.18. The Morgan fingerprint density at radius 1 is 1.43 bits per heavy atom. The van der Waals surface area contributed by atoms with Crippen molar-refractivity contribution in [1.29, 1.82) is 0 Å². The summed E-state index contributed by atoms with van der Waals surface area (Å²) in [5.74, 6) is 0.507. The fourth-order valence-corrected chi connectivity index (χ4v) is 2.87. The van der Waals surface area contributed by atoms with Gasteiger partial charge in [0.1, 0.15) is 6.33 Å². The second-order valence-corrected chi connectivity index (χ2v) is 5.85. The predicted molar refractivity (Wildman–Crippen MR) is 78.5 cm³/mol. The number of halogens is 1. The average Bonchev–Trinajstić information content (AvgIpc) is 3.00. The third-order valence-corrected chi connectivity index (χ3v) is 3.96. The van der Waals surface area contributed by atoms with Gasteiger partial charge in [-0.2, -0.15) is 4.68 Å². The molecule has 1 aliphatic heterocycles. The van der Waals surface area contributed by atoms with E-state index in [-0.39, 0.29) is 5.91 Å². The number of nitrogens with zero attached hydrogens (tertiary/aromatic N) is 5. The van der Waals surface area contributed by atoms with Gasteiger partial charge < -0.3 is 4.90 Å². The molecule has 0 unspecified atom stereocenters. The summed E-state index contributed by atoms with van der Waals surface area (Å²) in [4.78, 5) is 14.7. The second kappa shape index (κ2) is 5.81. The van der Waals surface area contributed by atoms with Crippen LogP contribution < -0.4 is 0 Å². The normalized spacial score (nSPS) is 18.8. The minimum atomic E-state index is -0.0189. The molecular formula is C14H16ClN5O. The van der Waals surface area contributed by atoms with E-state index >= 15 is 0 Å². The van der Waals surface area contributed by atoms with Crippen LogP contribution in [0.2, 0.25) is 5.02 Å². The fourth-order valence-electron chi connectivity index (χ4n) is 2.70. The van der Waals surface area contributed by atoms with Crippen LogP contribution in [-0.2, 0) is 0 Å². The smallest absolute Gasteiger partial charge is 0.256 e. The maximum Gasteiger partial charge on any atom is 0.256 e. The van der Waals surface area contributed by atoms with Gasteiger partial charge in [0, 0.05) is 18.1 Å². The number of tetrazole rings is 1. The summed E-state index contributed by atoms with van der Waals surface area (Å²) in [5, 5.41) is 11.6. The van der Waals surface area contributed by atoms with Crippen molar-refractivity contribution in [3.63, 3.8) is 0 Å². The molecule has 21 heavy (non-hydrogen) atoms. The Hall–Kier alpha value is -1.95. The van der Waals surface area contributed by atoms with E-state index in [1.54, 1.807) is 18.2 Å². The van der Waals surface area contributed by atoms with Gasteiger partial charge in [0.15, 0.2) is 0 Å². The first-order valence-electron chi connectivity index (χ1n) is 6.97. The van der Waals surface area contributed by atoms with Crippen molar-refractivity contribution in [2.75, 3.05) is 13.1 Å². The first kappa shape index (κ1) is 14.0. The zero-order valence-electron chi connectivity index (χ0n) is 11.7. The molecule has 0 saturated carbocycles. The molecule has 3 rings (SSSR count). The van der Waals surface area contributed by atoms with Crippen molar-refractivity contribution in [3.8, 4) is 5.69 Å². The summed E-state index contributed by atoms with van der Waals surface area (Å²) >= 11 is 6.06. The molecule has 1 atom stereocenters. The fraction of sp³-hybridized carbons (Fsp3) is 0.429. The summed E-state index contributed by atoms with van der Waals surface area (Å²) in [7, 11) is 0. The van der Waals surface area contributed by atoms with Gasteiger partial charge in [-0.25, -0.2) is 0 Å². The van der Waals surface area contributed by atoms with Gasteiger partial charge >= 0.3 is 0 Å². The van der Waals surface area contributed by atoms with Crippen molar-refractivity contribution in [3.05, 3.63) is 35.1 Å². The number of rotatable bonds is 2. The van der Waals surface area contributed by atoms with Gasteiger partial charge in [-0.3, -0.25) is 4.79 Å². The minimum Gasteiger partial charge on any atom is -0.338 e.